The van der Waals surface area contributed by atoms with Crippen LogP contribution in [0.25, 0.3) is 0 Å². The van der Waals surface area contributed by atoms with Gasteiger partial charge in [-0.15, -0.1) is 5.10 Å². The molecule has 0 radical (unpaired) electrons. The number of aromatic amines is 1. The van der Waals surface area contributed by atoms with Crippen molar-refractivity contribution in [1.82, 2.24) is 30.5 Å². The van der Waals surface area contributed by atoms with Crippen LogP contribution in [0.4, 0.5) is 11.9 Å². The van der Waals surface area contributed by atoms with Crippen molar-refractivity contribution >= 4 is 17.8 Å². The number of aromatic nitrogens is 5. The average Bonchev–Trinajstić information content (AvgIpc) is 3.07. The number of nitrogen functional groups attached to an aromatic ring is 1. The van der Waals surface area contributed by atoms with Crippen LogP contribution in [0.15, 0.2) is 6.20 Å². The summed E-state index contributed by atoms with van der Waals surface area (Å²) in [5, 5.41) is 19.0. The minimum atomic E-state index is -0.355. The van der Waals surface area contributed by atoms with E-state index in [0.29, 0.717) is 5.95 Å². The molecule has 1 amide bonds. The summed E-state index contributed by atoms with van der Waals surface area (Å²) in [5.41, 5.74) is 7.36. The zero-order valence-electron chi connectivity index (χ0n) is 16.1. The molecule has 4 rings (SSSR count). The molecule has 2 aliphatic rings. The van der Waals surface area contributed by atoms with Crippen molar-refractivity contribution in [3.8, 4) is 0 Å². The lowest BCUT2D eigenvalue weighted by Crippen LogP contribution is -2.39. The molecule has 0 saturated carbocycles. The molecule has 10 heteroatoms. The van der Waals surface area contributed by atoms with Crippen LogP contribution in [-0.4, -0.2) is 55.4 Å². The van der Waals surface area contributed by atoms with E-state index in [0.717, 1.165) is 50.0 Å². The number of nitrogens with one attached hydrogen (secondary N) is 2. The van der Waals surface area contributed by atoms with Gasteiger partial charge in [0.15, 0.2) is 0 Å². The Bertz CT molecular complexity index is 872. The number of nitrogens with two attached hydrogens (primary N) is 1. The summed E-state index contributed by atoms with van der Waals surface area (Å²) in [4.78, 5) is 27.9. The molecular weight excluding hydrogens is 360 g/mol. The minimum absolute atomic E-state index is 0.0187. The Balaban J connectivity index is 1.58. The molecule has 0 bridgehead atoms. The van der Waals surface area contributed by atoms with Gasteiger partial charge in [0.2, 0.25) is 17.7 Å². The van der Waals surface area contributed by atoms with Gasteiger partial charge in [-0.25, -0.2) is 9.97 Å². The van der Waals surface area contributed by atoms with Crippen molar-refractivity contribution in [2.24, 2.45) is 5.41 Å². The Hall–Kier alpha value is -2.75. The van der Waals surface area contributed by atoms with E-state index in [1.807, 2.05) is 6.20 Å². The number of carbonyl (C=O) groups excluding carboxylic acids is 1. The fraction of sp³-hybridized carbons (Fsp3) is 0.611. The van der Waals surface area contributed by atoms with E-state index in [-0.39, 0.29) is 35.2 Å². The Morgan fingerprint density at radius 1 is 1.36 bits per heavy atom. The summed E-state index contributed by atoms with van der Waals surface area (Å²) < 4.78 is 0. The van der Waals surface area contributed by atoms with Crippen LogP contribution < -0.4 is 16.0 Å². The molecule has 5 N–H and O–H groups in total. The van der Waals surface area contributed by atoms with Crippen LogP contribution in [0.3, 0.4) is 0 Å². The average molecular weight is 386 g/mol. The lowest BCUT2D eigenvalue weighted by Gasteiger charge is -2.37. The largest absolute Gasteiger partial charge is 0.393 e. The van der Waals surface area contributed by atoms with E-state index in [2.05, 4.69) is 44.2 Å². The first-order valence-corrected chi connectivity index (χ1v) is 9.58. The Morgan fingerprint density at radius 3 is 2.79 bits per heavy atom. The molecule has 1 saturated heterocycles. The second-order valence-corrected chi connectivity index (χ2v) is 8.40. The zero-order valence-corrected chi connectivity index (χ0v) is 16.1. The Kier molecular flexibility index (Phi) is 4.66. The molecule has 1 aliphatic heterocycles. The highest BCUT2D eigenvalue weighted by molar-refractivity contribution is 5.90. The maximum Gasteiger partial charge on any atom is 0.289 e. The van der Waals surface area contributed by atoms with Crippen LogP contribution in [0.5, 0.6) is 0 Å². The number of H-pyrrole nitrogens is 1. The molecule has 2 aromatic heterocycles. The van der Waals surface area contributed by atoms with Crippen molar-refractivity contribution in [3.63, 3.8) is 0 Å². The van der Waals surface area contributed by atoms with Gasteiger partial charge >= 0.3 is 0 Å². The third-order valence-electron chi connectivity index (χ3n) is 5.44. The summed E-state index contributed by atoms with van der Waals surface area (Å²) >= 11 is 0. The smallest absolute Gasteiger partial charge is 0.289 e. The molecule has 10 nitrogen and oxygen atoms in total. The standard InChI is InChI=1S/C18H26N8O2/c1-18(2)7-12(21-15(28)14-23-16(19)25-24-14)11-9-20-17(22-13(11)8-18)26-5-3-10(27)4-6-26/h9-10,12,27H,3-8H2,1-2H3,(H,21,28)(H3,19,23,24,25). The molecular formula is C18H26N8O2. The molecule has 1 atom stereocenters. The van der Waals surface area contributed by atoms with E-state index >= 15 is 0 Å². The van der Waals surface area contributed by atoms with Crippen LogP contribution >= 0.6 is 0 Å². The number of hydrogen-bond donors (Lipinski definition) is 4. The minimum Gasteiger partial charge on any atom is -0.393 e. The number of fused-ring (bicyclic) bond motifs is 1. The molecule has 1 fully saturated rings. The normalized spacial score (nSPS) is 22.0. The third-order valence-corrected chi connectivity index (χ3v) is 5.44. The highest BCUT2D eigenvalue weighted by atomic mass is 16.3. The topological polar surface area (TPSA) is 146 Å². The van der Waals surface area contributed by atoms with Crippen molar-refractivity contribution in [2.75, 3.05) is 23.7 Å². The van der Waals surface area contributed by atoms with Gasteiger partial charge in [0.25, 0.3) is 5.91 Å². The van der Waals surface area contributed by atoms with E-state index in [1.54, 1.807) is 0 Å². The van der Waals surface area contributed by atoms with Crippen LogP contribution in [0, 0.1) is 5.41 Å². The number of rotatable bonds is 3. The molecule has 1 aliphatic carbocycles. The predicted molar refractivity (Wildman–Crippen MR) is 103 cm³/mol. The highest BCUT2D eigenvalue weighted by Gasteiger charge is 2.35. The molecule has 28 heavy (non-hydrogen) atoms. The van der Waals surface area contributed by atoms with E-state index < -0.39 is 0 Å². The molecule has 0 spiro atoms. The lowest BCUT2D eigenvalue weighted by molar-refractivity contribution is 0.0908. The lowest BCUT2D eigenvalue weighted by atomic mass is 9.74. The summed E-state index contributed by atoms with van der Waals surface area (Å²) in [6, 6.07) is -0.213. The summed E-state index contributed by atoms with van der Waals surface area (Å²) in [5.74, 6) is 0.462. The SMILES string of the molecule is CC1(C)Cc2nc(N3CCC(O)CC3)ncc2C(NC(=O)c2nc(N)n[nH]2)C1. The van der Waals surface area contributed by atoms with Gasteiger partial charge in [-0.2, -0.15) is 4.98 Å². The first kappa shape index (κ1) is 18.6. The van der Waals surface area contributed by atoms with Crippen molar-refractivity contribution in [3.05, 3.63) is 23.3 Å². The van der Waals surface area contributed by atoms with Crippen molar-refractivity contribution in [1.29, 1.82) is 0 Å². The first-order valence-electron chi connectivity index (χ1n) is 9.58. The van der Waals surface area contributed by atoms with Gasteiger partial charge in [0.05, 0.1) is 17.8 Å². The van der Waals surface area contributed by atoms with E-state index in [1.165, 1.54) is 0 Å². The van der Waals surface area contributed by atoms with E-state index in [9.17, 15) is 9.90 Å². The maximum absolute atomic E-state index is 12.5. The number of aliphatic hydroxyl groups excluding tert-OH is 1. The number of nitrogens with zero attached hydrogens (tertiary/aromatic N) is 5. The fourth-order valence-corrected chi connectivity index (χ4v) is 3.99. The maximum atomic E-state index is 12.5. The molecule has 2 aromatic rings. The molecule has 3 heterocycles. The van der Waals surface area contributed by atoms with Gasteiger partial charge in [0.1, 0.15) is 0 Å². The number of aliphatic hydroxyl groups is 1. The zero-order chi connectivity index (χ0) is 19.9. The number of anilines is 2. The number of carbonyl (C=O) groups is 1. The Morgan fingerprint density at radius 2 is 2.11 bits per heavy atom. The summed E-state index contributed by atoms with van der Waals surface area (Å²) in [7, 11) is 0. The third kappa shape index (κ3) is 3.77. The quantitative estimate of drug-likeness (QED) is 0.599. The predicted octanol–water partition coefficient (Wildman–Crippen LogP) is 0.582. The molecule has 150 valence electrons. The van der Waals surface area contributed by atoms with Gasteiger partial charge in [-0.1, -0.05) is 13.8 Å². The Labute approximate surface area is 163 Å². The van der Waals surface area contributed by atoms with Gasteiger partial charge in [-0.05, 0) is 31.1 Å². The van der Waals surface area contributed by atoms with Crippen LogP contribution in [0.2, 0.25) is 0 Å². The second kappa shape index (κ2) is 7.01. The first-order chi connectivity index (χ1) is 13.3. The number of piperidine rings is 1. The van der Waals surface area contributed by atoms with E-state index in [4.69, 9.17) is 10.7 Å². The van der Waals surface area contributed by atoms with Crippen molar-refractivity contribution < 1.29 is 9.90 Å². The van der Waals surface area contributed by atoms with Gasteiger partial charge in [0, 0.05) is 24.8 Å². The van der Waals surface area contributed by atoms with Crippen LogP contribution in [-0.2, 0) is 6.42 Å². The van der Waals surface area contributed by atoms with Crippen molar-refractivity contribution in [2.45, 2.75) is 51.7 Å². The number of hydrogen-bond acceptors (Lipinski definition) is 8. The fourth-order valence-electron chi connectivity index (χ4n) is 3.99. The summed E-state index contributed by atoms with van der Waals surface area (Å²) in [6.07, 6.45) is 4.62. The second-order valence-electron chi connectivity index (χ2n) is 8.40. The monoisotopic (exact) mass is 386 g/mol. The summed E-state index contributed by atoms with van der Waals surface area (Å²) in [6.45, 7) is 5.83. The van der Waals surface area contributed by atoms with Crippen LogP contribution in [0.1, 0.15) is 61.0 Å². The van der Waals surface area contributed by atoms with Gasteiger partial charge < -0.3 is 21.1 Å². The van der Waals surface area contributed by atoms with Gasteiger partial charge in [-0.3, -0.25) is 9.89 Å². The molecule has 0 aromatic carbocycles. The molecule has 1 unspecified atom stereocenters. The number of amides is 1. The highest BCUT2D eigenvalue weighted by Crippen LogP contribution is 2.40.